The van der Waals surface area contributed by atoms with Crippen LogP contribution in [-0.2, 0) is 14.3 Å². The summed E-state index contributed by atoms with van der Waals surface area (Å²) < 4.78 is 33.0. The van der Waals surface area contributed by atoms with Crippen molar-refractivity contribution in [2.45, 2.75) is 38.2 Å². The summed E-state index contributed by atoms with van der Waals surface area (Å²) in [4.78, 5) is 25.1. The van der Waals surface area contributed by atoms with Crippen LogP contribution in [0, 0.1) is 5.82 Å². The summed E-state index contributed by atoms with van der Waals surface area (Å²) in [7, 11) is 0.813. The molecule has 1 fully saturated rings. The molecule has 35 heavy (non-hydrogen) atoms. The first kappa shape index (κ1) is 23.3. The molecule has 0 radical (unpaired) electrons. The second-order valence-corrected chi connectivity index (χ2v) is 11.0. The predicted octanol–water partition coefficient (Wildman–Crippen LogP) is 6.91. The van der Waals surface area contributed by atoms with E-state index in [1.807, 2.05) is 49.4 Å². The summed E-state index contributed by atoms with van der Waals surface area (Å²) >= 11 is 0. The van der Waals surface area contributed by atoms with Crippen molar-refractivity contribution >= 4 is 42.6 Å². The van der Waals surface area contributed by atoms with Crippen molar-refractivity contribution in [1.29, 1.82) is 0 Å². The molecular formula is C28H26FO5S+. The monoisotopic (exact) mass is 493 g/mol. The fourth-order valence-electron chi connectivity index (χ4n) is 4.79. The minimum atomic E-state index is -0.544. The van der Waals surface area contributed by atoms with Gasteiger partial charge >= 0.3 is 11.9 Å². The minimum absolute atomic E-state index is 0.0135. The molecule has 1 aliphatic rings. The number of halogens is 1. The molecule has 0 bridgehead atoms. The zero-order valence-electron chi connectivity index (χ0n) is 19.6. The van der Waals surface area contributed by atoms with Gasteiger partial charge in [-0.05, 0) is 69.0 Å². The van der Waals surface area contributed by atoms with Crippen LogP contribution in [0.5, 0.6) is 5.75 Å². The van der Waals surface area contributed by atoms with E-state index in [9.17, 15) is 9.59 Å². The number of ether oxygens (including phenoxy) is 3. The fraction of sp³-hybridized carbons (Fsp3) is 0.286. The van der Waals surface area contributed by atoms with Crippen molar-refractivity contribution in [3.05, 3.63) is 72.0 Å². The van der Waals surface area contributed by atoms with Crippen LogP contribution in [0.25, 0.3) is 25.1 Å². The summed E-state index contributed by atoms with van der Waals surface area (Å²) in [5.74, 6) is -1.41. The molecule has 1 saturated carbocycles. The van der Waals surface area contributed by atoms with Crippen LogP contribution < -0.4 is 4.74 Å². The molecule has 180 valence electrons. The van der Waals surface area contributed by atoms with Crippen LogP contribution in [0.1, 0.15) is 43.0 Å². The molecule has 1 heterocycles. The number of thiophene rings is 1. The van der Waals surface area contributed by atoms with Crippen LogP contribution in [0.4, 0.5) is 4.39 Å². The molecule has 7 heteroatoms. The lowest BCUT2D eigenvalue weighted by atomic mass is 10.1. The van der Waals surface area contributed by atoms with E-state index in [1.165, 1.54) is 13.2 Å². The van der Waals surface area contributed by atoms with Crippen LogP contribution >= 0.6 is 10.5 Å². The number of benzene rings is 3. The van der Waals surface area contributed by atoms with E-state index in [1.54, 1.807) is 12.1 Å². The van der Waals surface area contributed by atoms with Gasteiger partial charge in [-0.25, -0.2) is 14.0 Å². The molecule has 5 nitrogen and oxygen atoms in total. The van der Waals surface area contributed by atoms with Crippen LogP contribution in [0.3, 0.4) is 0 Å². The number of hydrogen-bond acceptors (Lipinski definition) is 5. The summed E-state index contributed by atoms with van der Waals surface area (Å²) in [6, 6.07) is 18.3. The first-order chi connectivity index (χ1) is 16.9. The largest absolute Gasteiger partial charge is 0.479 e. The maximum Gasteiger partial charge on any atom is 0.344 e. The minimum Gasteiger partial charge on any atom is -0.479 e. The molecule has 4 aromatic rings. The number of esters is 2. The van der Waals surface area contributed by atoms with Crippen molar-refractivity contribution in [3.63, 3.8) is 0 Å². The lowest BCUT2D eigenvalue weighted by Crippen LogP contribution is -2.30. The first-order valence-electron chi connectivity index (χ1n) is 11.6. The van der Waals surface area contributed by atoms with E-state index in [0.717, 1.165) is 50.8 Å². The van der Waals surface area contributed by atoms with E-state index in [-0.39, 0.29) is 12.4 Å². The van der Waals surface area contributed by atoms with E-state index in [4.69, 9.17) is 14.2 Å². The fourth-order valence-corrected chi connectivity index (χ4v) is 7.17. The second kappa shape index (κ2) is 9.30. The van der Waals surface area contributed by atoms with Gasteiger partial charge in [0.1, 0.15) is 5.60 Å². The maximum absolute atomic E-state index is 15.1. The molecule has 1 atom stereocenters. The SMILES string of the molecule is COC(=O)c1ccc2c(c1)c1ccccc1[s+]2-c1ccc(OCC(=O)OC2(C)CCCC2)c(F)c1. The van der Waals surface area contributed by atoms with Gasteiger partial charge in [0.05, 0.1) is 12.7 Å². The quantitative estimate of drug-likeness (QED) is 0.216. The number of fused-ring (bicyclic) bond motifs is 3. The molecule has 1 aromatic heterocycles. The lowest BCUT2D eigenvalue weighted by Gasteiger charge is -2.23. The average molecular weight is 494 g/mol. The highest BCUT2D eigenvalue weighted by molar-refractivity contribution is 7.50. The van der Waals surface area contributed by atoms with E-state index in [2.05, 4.69) is 0 Å². The van der Waals surface area contributed by atoms with Crippen molar-refractivity contribution < 1.29 is 28.2 Å². The molecule has 3 aromatic carbocycles. The van der Waals surface area contributed by atoms with Gasteiger partial charge in [0, 0.05) is 33.4 Å². The maximum atomic E-state index is 15.1. The highest BCUT2D eigenvalue weighted by Gasteiger charge is 2.33. The van der Waals surface area contributed by atoms with Crippen molar-refractivity contribution in [2.24, 2.45) is 0 Å². The molecule has 0 spiro atoms. The molecule has 0 amide bonds. The lowest BCUT2D eigenvalue weighted by molar-refractivity contribution is -0.159. The Hall–Kier alpha value is -3.45. The zero-order chi connectivity index (χ0) is 24.6. The van der Waals surface area contributed by atoms with E-state index in [0.29, 0.717) is 5.56 Å². The summed E-state index contributed by atoms with van der Waals surface area (Å²) in [6.45, 7) is 1.60. The zero-order valence-corrected chi connectivity index (χ0v) is 20.5. The molecule has 0 N–H and O–H groups in total. The number of methoxy groups -OCH3 is 1. The van der Waals surface area contributed by atoms with Gasteiger partial charge < -0.3 is 14.2 Å². The summed E-state index contributed by atoms with van der Waals surface area (Å²) in [5.41, 5.74) is 0.0285. The molecule has 5 rings (SSSR count). The number of rotatable bonds is 6. The third kappa shape index (κ3) is 4.48. The smallest absolute Gasteiger partial charge is 0.344 e. The van der Waals surface area contributed by atoms with Gasteiger partial charge in [-0.1, -0.05) is 12.1 Å². The highest BCUT2D eigenvalue weighted by atomic mass is 32.2. The van der Waals surface area contributed by atoms with Gasteiger partial charge in [-0.2, -0.15) is 0 Å². The average Bonchev–Trinajstić information content (AvgIpc) is 3.43. The Morgan fingerprint density at radius 1 is 0.971 bits per heavy atom. The topological polar surface area (TPSA) is 61.8 Å². The molecule has 0 saturated heterocycles. The Labute approximate surface area is 205 Å². The molecule has 1 unspecified atom stereocenters. The Morgan fingerprint density at radius 2 is 1.71 bits per heavy atom. The normalized spacial score (nSPS) is 15.3. The van der Waals surface area contributed by atoms with Gasteiger partial charge in [-0.15, -0.1) is 0 Å². The molecule has 0 aliphatic heterocycles. The Balaban J connectivity index is 1.44. The number of carbonyl (C=O) groups excluding carboxylic acids is 2. The van der Waals surface area contributed by atoms with Gasteiger partial charge in [0.15, 0.2) is 32.5 Å². The van der Waals surface area contributed by atoms with E-state index < -0.39 is 33.8 Å². The number of carbonyl (C=O) groups is 2. The standard InChI is InChI=1S/C28H26FO5S/c1-28(13-5-6-14-28)34-26(30)17-33-23-11-10-19(16-22(23)29)35-24-8-4-3-7-20(24)21-15-18(27(31)32-2)9-12-25(21)35/h3-4,7-12,15-16H,5-6,13-14,17H2,1-2H3/q+1. The van der Waals surface area contributed by atoms with Crippen LogP contribution in [-0.4, -0.2) is 31.3 Å². The Morgan fingerprint density at radius 3 is 2.46 bits per heavy atom. The summed E-state index contributed by atoms with van der Waals surface area (Å²) in [6.07, 6.45) is 3.76. The molecule has 1 aliphatic carbocycles. The van der Waals surface area contributed by atoms with Gasteiger partial charge in [0.25, 0.3) is 0 Å². The number of hydrogen-bond donors (Lipinski definition) is 0. The van der Waals surface area contributed by atoms with Crippen LogP contribution in [0.15, 0.2) is 60.7 Å². The van der Waals surface area contributed by atoms with Gasteiger partial charge in [-0.3, -0.25) is 0 Å². The van der Waals surface area contributed by atoms with Crippen LogP contribution in [0.2, 0.25) is 0 Å². The molecular weight excluding hydrogens is 467 g/mol. The Kier molecular flexibility index (Phi) is 6.19. The van der Waals surface area contributed by atoms with Crippen molar-refractivity contribution in [1.82, 2.24) is 0 Å². The highest BCUT2D eigenvalue weighted by Crippen LogP contribution is 2.49. The van der Waals surface area contributed by atoms with Gasteiger partial charge in [0.2, 0.25) is 0 Å². The first-order valence-corrected chi connectivity index (χ1v) is 12.8. The Bertz CT molecular complexity index is 1430. The second-order valence-electron chi connectivity index (χ2n) is 9.02. The van der Waals surface area contributed by atoms with E-state index >= 15 is 4.39 Å². The third-order valence-electron chi connectivity index (χ3n) is 6.52. The van der Waals surface area contributed by atoms with Crippen molar-refractivity contribution in [3.8, 4) is 10.6 Å². The predicted molar refractivity (Wildman–Crippen MR) is 135 cm³/mol. The van der Waals surface area contributed by atoms with Crippen molar-refractivity contribution in [2.75, 3.05) is 13.7 Å². The third-order valence-corrected chi connectivity index (χ3v) is 8.84. The summed E-state index contributed by atoms with van der Waals surface area (Å²) in [5, 5.41) is 1.95.